The van der Waals surface area contributed by atoms with Crippen molar-refractivity contribution in [2.75, 3.05) is 26.2 Å². The zero-order valence-electron chi connectivity index (χ0n) is 21.9. The molecule has 206 valence electrons. The van der Waals surface area contributed by atoms with Crippen molar-refractivity contribution in [2.24, 2.45) is 0 Å². The zero-order chi connectivity index (χ0) is 28.0. The third-order valence-corrected chi connectivity index (χ3v) is 9.07. The number of aryl methyl sites for hydroxylation is 1. The van der Waals surface area contributed by atoms with Crippen molar-refractivity contribution in [3.63, 3.8) is 0 Å². The molecule has 3 aromatic carbocycles. The maximum absolute atomic E-state index is 13.3. The van der Waals surface area contributed by atoms with E-state index in [1.807, 2.05) is 65.3 Å². The number of fused-ring (bicyclic) bond motifs is 1. The van der Waals surface area contributed by atoms with E-state index in [4.69, 9.17) is 0 Å². The molecule has 9 heteroatoms. The molecule has 1 aromatic heterocycles. The molecular formula is C31H28F3N3O2S. The summed E-state index contributed by atoms with van der Waals surface area (Å²) in [4.78, 5) is 30.5. The lowest BCUT2D eigenvalue weighted by Gasteiger charge is -2.41. The molecule has 0 spiro atoms. The first kappa shape index (κ1) is 26.5. The van der Waals surface area contributed by atoms with Crippen LogP contribution in [-0.4, -0.2) is 59.9 Å². The summed E-state index contributed by atoms with van der Waals surface area (Å²) in [7, 11) is 0. The van der Waals surface area contributed by atoms with Gasteiger partial charge in [-0.05, 0) is 71.8 Å². The van der Waals surface area contributed by atoms with Gasteiger partial charge in [0.2, 0.25) is 0 Å². The van der Waals surface area contributed by atoms with Gasteiger partial charge in [0, 0.05) is 48.5 Å². The summed E-state index contributed by atoms with van der Waals surface area (Å²) in [6.07, 6.45) is -3.48. The van der Waals surface area contributed by atoms with Crippen molar-refractivity contribution in [1.82, 2.24) is 15.1 Å². The Morgan fingerprint density at radius 2 is 1.52 bits per heavy atom. The lowest BCUT2D eigenvalue weighted by Crippen LogP contribution is -2.62. The Labute approximate surface area is 234 Å². The van der Waals surface area contributed by atoms with Crippen molar-refractivity contribution in [3.05, 3.63) is 94.4 Å². The topological polar surface area (TPSA) is 52.7 Å². The standard InChI is InChI=1S/C31H28F3N3O2S/c1-19-26-15-22(20-7-10-23(11-8-20)31(32,33)34)9-12-27(26)40-28(19)30(39)37-17-25(18-37)35-24-13-14-36(16-24)29(38)21-5-3-2-4-6-21/h2-12,15,24-25,35H,13-14,16-18H2,1H3/t24-/m0/s1. The molecule has 3 heterocycles. The highest BCUT2D eigenvalue weighted by Gasteiger charge is 2.36. The van der Waals surface area contributed by atoms with Gasteiger partial charge in [0.15, 0.2) is 0 Å². The molecule has 5 nitrogen and oxygen atoms in total. The molecule has 1 atom stereocenters. The van der Waals surface area contributed by atoms with E-state index in [-0.39, 0.29) is 23.9 Å². The van der Waals surface area contributed by atoms with E-state index in [1.54, 1.807) is 0 Å². The van der Waals surface area contributed by atoms with E-state index < -0.39 is 11.7 Å². The van der Waals surface area contributed by atoms with Crippen LogP contribution in [0.4, 0.5) is 13.2 Å². The Morgan fingerprint density at radius 1 is 0.850 bits per heavy atom. The average molecular weight is 564 g/mol. The van der Waals surface area contributed by atoms with E-state index >= 15 is 0 Å². The smallest absolute Gasteiger partial charge is 0.337 e. The fourth-order valence-electron chi connectivity index (χ4n) is 5.53. The second kappa shape index (κ2) is 10.4. The monoisotopic (exact) mass is 563 g/mol. The van der Waals surface area contributed by atoms with Gasteiger partial charge in [0.25, 0.3) is 11.8 Å². The molecule has 40 heavy (non-hydrogen) atoms. The second-order valence-corrected chi connectivity index (χ2v) is 11.6. The molecule has 1 N–H and O–H groups in total. The number of thiophene rings is 1. The predicted molar refractivity (Wildman–Crippen MR) is 151 cm³/mol. The maximum Gasteiger partial charge on any atom is 0.416 e. The number of likely N-dealkylation sites (tertiary alicyclic amines) is 2. The maximum atomic E-state index is 13.3. The van der Waals surface area contributed by atoms with Gasteiger partial charge in [0.1, 0.15) is 0 Å². The summed E-state index contributed by atoms with van der Waals surface area (Å²) < 4.78 is 39.8. The fraction of sp³-hybridized carbons (Fsp3) is 0.290. The number of rotatable bonds is 5. The normalized spacial score (nSPS) is 17.9. The Balaban J connectivity index is 1.07. The molecule has 0 aliphatic carbocycles. The highest BCUT2D eigenvalue weighted by Crippen LogP contribution is 2.36. The number of nitrogens with zero attached hydrogens (tertiary/aromatic N) is 2. The van der Waals surface area contributed by atoms with Crippen LogP contribution in [-0.2, 0) is 6.18 Å². The number of amides is 2. The van der Waals surface area contributed by atoms with Gasteiger partial charge in [-0.15, -0.1) is 11.3 Å². The van der Waals surface area contributed by atoms with Gasteiger partial charge in [-0.25, -0.2) is 0 Å². The summed E-state index contributed by atoms with van der Waals surface area (Å²) in [6.45, 7) is 4.54. The second-order valence-electron chi connectivity index (χ2n) is 10.5. The molecule has 4 aromatic rings. The quantitative estimate of drug-likeness (QED) is 0.314. The lowest BCUT2D eigenvalue weighted by atomic mass is 10.0. The van der Waals surface area contributed by atoms with E-state index in [2.05, 4.69) is 5.32 Å². The number of alkyl halides is 3. The van der Waals surface area contributed by atoms with E-state index in [0.717, 1.165) is 46.3 Å². The van der Waals surface area contributed by atoms with E-state index in [0.29, 0.717) is 35.6 Å². The van der Waals surface area contributed by atoms with Crippen molar-refractivity contribution in [1.29, 1.82) is 0 Å². The third kappa shape index (κ3) is 5.11. The number of carbonyl (C=O) groups excluding carboxylic acids is 2. The van der Waals surface area contributed by atoms with Crippen LogP contribution in [0.2, 0.25) is 0 Å². The van der Waals surface area contributed by atoms with Crippen LogP contribution in [0, 0.1) is 6.92 Å². The molecule has 0 radical (unpaired) electrons. The number of nitrogens with one attached hydrogen (secondary N) is 1. The van der Waals surface area contributed by atoms with Crippen LogP contribution < -0.4 is 5.32 Å². The van der Waals surface area contributed by atoms with Crippen LogP contribution in [0.25, 0.3) is 21.2 Å². The Morgan fingerprint density at radius 3 is 2.23 bits per heavy atom. The molecular weight excluding hydrogens is 535 g/mol. The van der Waals surface area contributed by atoms with Gasteiger partial charge in [-0.3, -0.25) is 9.59 Å². The predicted octanol–water partition coefficient (Wildman–Crippen LogP) is 6.22. The first-order valence-electron chi connectivity index (χ1n) is 13.3. The minimum absolute atomic E-state index is 0.000124. The van der Waals surface area contributed by atoms with Crippen molar-refractivity contribution >= 4 is 33.2 Å². The number of halogens is 3. The zero-order valence-corrected chi connectivity index (χ0v) is 22.7. The summed E-state index contributed by atoms with van der Waals surface area (Å²) in [5.41, 5.74) is 2.42. The van der Waals surface area contributed by atoms with Crippen molar-refractivity contribution < 1.29 is 22.8 Å². The summed E-state index contributed by atoms with van der Waals surface area (Å²) in [5, 5.41) is 4.55. The molecule has 0 saturated carbocycles. The first-order valence-corrected chi connectivity index (χ1v) is 14.1. The number of hydrogen-bond acceptors (Lipinski definition) is 4. The highest BCUT2D eigenvalue weighted by molar-refractivity contribution is 7.21. The average Bonchev–Trinajstić information content (AvgIpc) is 3.54. The Kier molecular flexibility index (Phi) is 6.88. The van der Waals surface area contributed by atoms with E-state index in [1.165, 1.54) is 23.5 Å². The summed E-state index contributed by atoms with van der Waals surface area (Å²) >= 11 is 1.45. The molecule has 2 aliphatic heterocycles. The Bertz CT molecular complexity index is 1560. The largest absolute Gasteiger partial charge is 0.416 e. The van der Waals surface area contributed by atoms with Gasteiger partial charge in [0.05, 0.1) is 10.4 Å². The third-order valence-electron chi connectivity index (χ3n) is 7.81. The van der Waals surface area contributed by atoms with Gasteiger partial charge >= 0.3 is 6.18 Å². The number of hydrogen-bond donors (Lipinski definition) is 1. The van der Waals surface area contributed by atoms with Crippen LogP contribution >= 0.6 is 11.3 Å². The van der Waals surface area contributed by atoms with Gasteiger partial charge in [-0.2, -0.15) is 13.2 Å². The SMILES string of the molecule is Cc1c(C(=O)N2CC(N[C@H]3CCN(C(=O)c4ccccc4)C3)C2)sc2ccc(-c3ccc(C(F)(F)F)cc3)cc12. The summed E-state index contributed by atoms with van der Waals surface area (Å²) in [6, 6.07) is 20.6. The molecule has 2 fully saturated rings. The van der Waals surface area contributed by atoms with E-state index in [9.17, 15) is 22.8 Å². The first-order chi connectivity index (χ1) is 19.2. The molecule has 6 rings (SSSR count). The van der Waals surface area contributed by atoms with Crippen molar-refractivity contribution in [2.45, 2.75) is 31.6 Å². The molecule has 2 amide bonds. The molecule has 2 saturated heterocycles. The van der Waals surface area contributed by atoms with Crippen LogP contribution in [0.5, 0.6) is 0 Å². The fourth-order valence-corrected chi connectivity index (χ4v) is 6.68. The molecule has 2 aliphatic rings. The van der Waals surface area contributed by atoms with Gasteiger partial charge < -0.3 is 15.1 Å². The van der Waals surface area contributed by atoms with Gasteiger partial charge in [-0.1, -0.05) is 36.4 Å². The number of carbonyl (C=O) groups is 2. The minimum Gasteiger partial charge on any atom is -0.337 e. The highest BCUT2D eigenvalue weighted by atomic mass is 32.1. The Hall–Kier alpha value is -3.69. The lowest BCUT2D eigenvalue weighted by molar-refractivity contribution is -0.137. The molecule has 0 bridgehead atoms. The summed E-state index contributed by atoms with van der Waals surface area (Å²) in [5.74, 6) is 0.0529. The van der Waals surface area contributed by atoms with Crippen molar-refractivity contribution in [3.8, 4) is 11.1 Å². The van der Waals surface area contributed by atoms with Crippen LogP contribution in [0.1, 0.15) is 37.6 Å². The van der Waals surface area contributed by atoms with Crippen LogP contribution in [0.15, 0.2) is 72.8 Å². The van der Waals surface area contributed by atoms with Crippen LogP contribution in [0.3, 0.4) is 0 Å². The number of benzene rings is 3. The minimum atomic E-state index is -4.37. The molecule has 0 unspecified atom stereocenters.